The predicted molar refractivity (Wildman–Crippen MR) is 130 cm³/mol. The zero-order valence-electron chi connectivity index (χ0n) is 19.5. The van der Waals surface area contributed by atoms with Crippen molar-refractivity contribution in [1.82, 2.24) is 14.7 Å². The summed E-state index contributed by atoms with van der Waals surface area (Å²) in [6, 6.07) is 18.0. The van der Waals surface area contributed by atoms with Crippen molar-refractivity contribution < 1.29 is 9.59 Å². The average molecular weight is 447 g/mol. The van der Waals surface area contributed by atoms with E-state index in [-0.39, 0.29) is 24.5 Å². The number of nitrogens with one attached hydrogen (secondary N) is 1. The zero-order chi connectivity index (χ0) is 22.8. The SMILES string of the molecule is CN(C[C@@H]1CCCN2CCCC[C@H]12)C(=O)CN1C(=O)c2ccccc2N[C@H]1c1ccccc1. The molecule has 3 heterocycles. The zero-order valence-corrected chi connectivity index (χ0v) is 19.5. The lowest BCUT2D eigenvalue weighted by Gasteiger charge is -2.45. The van der Waals surface area contributed by atoms with E-state index in [1.165, 1.54) is 45.2 Å². The average Bonchev–Trinajstić information content (AvgIpc) is 2.86. The van der Waals surface area contributed by atoms with Crippen LogP contribution in [0.4, 0.5) is 5.69 Å². The molecule has 2 saturated heterocycles. The maximum absolute atomic E-state index is 13.4. The first-order valence-corrected chi connectivity index (χ1v) is 12.3. The third-order valence-corrected chi connectivity index (χ3v) is 7.61. The van der Waals surface area contributed by atoms with Gasteiger partial charge < -0.3 is 20.0 Å². The Bertz CT molecular complexity index is 993. The number of amides is 2. The Labute approximate surface area is 196 Å². The predicted octanol–water partition coefficient (Wildman–Crippen LogP) is 3.98. The fourth-order valence-electron chi connectivity index (χ4n) is 5.86. The van der Waals surface area contributed by atoms with E-state index in [0.29, 0.717) is 17.5 Å². The van der Waals surface area contributed by atoms with Crippen molar-refractivity contribution in [3.05, 3.63) is 65.7 Å². The van der Waals surface area contributed by atoms with Crippen LogP contribution in [0, 0.1) is 5.92 Å². The van der Waals surface area contributed by atoms with E-state index in [9.17, 15) is 9.59 Å². The quantitative estimate of drug-likeness (QED) is 0.755. The number of carbonyl (C=O) groups is 2. The van der Waals surface area contributed by atoms with Crippen LogP contribution in [0.2, 0.25) is 0 Å². The van der Waals surface area contributed by atoms with Gasteiger partial charge in [-0.2, -0.15) is 0 Å². The monoisotopic (exact) mass is 446 g/mol. The molecule has 0 aliphatic carbocycles. The van der Waals surface area contributed by atoms with Crippen molar-refractivity contribution in [1.29, 1.82) is 0 Å². The number of carbonyl (C=O) groups excluding carboxylic acids is 2. The second-order valence-electron chi connectivity index (χ2n) is 9.71. The van der Waals surface area contributed by atoms with Gasteiger partial charge in [0.15, 0.2) is 0 Å². The third kappa shape index (κ3) is 4.49. The van der Waals surface area contributed by atoms with E-state index in [4.69, 9.17) is 0 Å². The molecule has 0 bridgehead atoms. The Morgan fingerprint density at radius 3 is 2.61 bits per heavy atom. The van der Waals surface area contributed by atoms with E-state index in [0.717, 1.165) is 17.8 Å². The number of rotatable bonds is 5. The van der Waals surface area contributed by atoms with Gasteiger partial charge >= 0.3 is 0 Å². The number of hydrogen-bond donors (Lipinski definition) is 1. The molecule has 6 nitrogen and oxygen atoms in total. The summed E-state index contributed by atoms with van der Waals surface area (Å²) in [6.45, 7) is 3.23. The number of para-hydroxylation sites is 1. The maximum Gasteiger partial charge on any atom is 0.258 e. The molecule has 3 atom stereocenters. The van der Waals surface area contributed by atoms with Crippen molar-refractivity contribution in [2.24, 2.45) is 5.92 Å². The Kier molecular flexibility index (Phi) is 6.36. The normalized spacial score (nSPS) is 25.1. The largest absolute Gasteiger partial charge is 0.361 e. The number of anilines is 1. The second-order valence-corrected chi connectivity index (χ2v) is 9.71. The molecule has 6 heteroatoms. The van der Waals surface area contributed by atoms with Gasteiger partial charge in [0.05, 0.1) is 5.56 Å². The lowest BCUT2D eigenvalue weighted by molar-refractivity contribution is -0.132. The summed E-state index contributed by atoms with van der Waals surface area (Å²) < 4.78 is 0. The van der Waals surface area contributed by atoms with Crippen LogP contribution < -0.4 is 5.32 Å². The van der Waals surface area contributed by atoms with Crippen LogP contribution >= 0.6 is 0 Å². The first kappa shape index (κ1) is 22.0. The van der Waals surface area contributed by atoms with E-state index in [1.807, 2.05) is 66.5 Å². The first-order chi connectivity index (χ1) is 16.1. The molecule has 0 unspecified atom stereocenters. The molecule has 3 aliphatic rings. The molecular weight excluding hydrogens is 412 g/mol. The minimum absolute atomic E-state index is 0.00149. The summed E-state index contributed by atoms with van der Waals surface area (Å²) in [7, 11) is 1.90. The van der Waals surface area contributed by atoms with Crippen molar-refractivity contribution in [3.63, 3.8) is 0 Å². The Balaban J connectivity index is 1.32. The number of fused-ring (bicyclic) bond motifs is 2. The van der Waals surface area contributed by atoms with Crippen LogP contribution in [0.15, 0.2) is 54.6 Å². The summed E-state index contributed by atoms with van der Waals surface area (Å²) in [6.07, 6.45) is 5.86. The number of piperidine rings is 2. The number of likely N-dealkylation sites (N-methyl/N-ethyl adjacent to an activating group) is 1. The molecule has 1 N–H and O–H groups in total. The molecular formula is C27H34N4O2. The van der Waals surface area contributed by atoms with E-state index in [2.05, 4.69) is 10.2 Å². The maximum atomic E-state index is 13.4. The molecule has 0 aromatic heterocycles. The summed E-state index contributed by atoms with van der Waals surface area (Å²) in [5.74, 6) is 0.420. The van der Waals surface area contributed by atoms with Crippen LogP contribution in [0.25, 0.3) is 0 Å². The van der Waals surface area contributed by atoms with Crippen LogP contribution in [0.5, 0.6) is 0 Å². The Morgan fingerprint density at radius 1 is 1.00 bits per heavy atom. The Morgan fingerprint density at radius 2 is 1.76 bits per heavy atom. The number of hydrogen-bond acceptors (Lipinski definition) is 4. The van der Waals surface area contributed by atoms with Gasteiger partial charge in [-0.3, -0.25) is 9.59 Å². The molecule has 3 aliphatic heterocycles. The van der Waals surface area contributed by atoms with Gasteiger partial charge in [-0.1, -0.05) is 48.9 Å². The van der Waals surface area contributed by atoms with Gasteiger partial charge in [-0.15, -0.1) is 0 Å². The van der Waals surface area contributed by atoms with E-state index >= 15 is 0 Å². The highest BCUT2D eigenvalue weighted by Gasteiger charge is 2.37. The molecule has 2 amide bonds. The fraction of sp³-hybridized carbons (Fsp3) is 0.481. The summed E-state index contributed by atoms with van der Waals surface area (Å²) >= 11 is 0. The minimum atomic E-state index is -0.366. The smallest absolute Gasteiger partial charge is 0.258 e. The van der Waals surface area contributed by atoms with Crippen molar-refractivity contribution >= 4 is 17.5 Å². The molecule has 0 radical (unpaired) electrons. The second kappa shape index (κ2) is 9.56. The van der Waals surface area contributed by atoms with Crippen LogP contribution in [0.3, 0.4) is 0 Å². The van der Waals surface area contributed by atoms with Gasteiger partial charge in [-0.05, 0) is 62.4 Å². The minimum Gasteiger partial charge on any atom is -0.361 e. The Hall–Kier alpha value is -2.86. The number of nitrogens with zero attached hydrogens (tertiary/aromatic N) is 3. The van der Waals surface area contributed by atoms with Crippen molar-refractivity contribution in [2.75, 3.05) is 38.5 Å². The molecule has 33 heavy (non-hydrogen) atoms. The summed E-state index contributed by atoms with van der Waals surface area (Å²) in [5, 5.41) is 3.48. The van der Waals surface area contributed by atoms with Crippen LogP contribution in [-0.4, -0.2) is 65.8 Å². The molecule has 0 saturated carbocycles. The fourth-order valence-corrected chi connectivity index (χ4v) is 5.86. The van der Waals surface area contributed by atoms with Crippen molar-refractivity contribution in [2.45, 2.75) is 44.3 Å². The number of benzene rings is 2. The molecule has 2 aromatic rings. The molecule has 2 fully saturated rings. The lowest BCUT2D eigenvalue weighted by Crippen LogP contribution is -2.52. The van der Waals surface area contributed by atoms with Crippen LogP contribution in [0.1, 0.15) is 54.2 Å². The van der Waals surface area contributed by atoms with Crippen LogP contribution in [-0.2, 0) is 4.79 Å². The first-order valence-electron chi connectivity index (χ1n) is 12.3. The van der Waals surface area contributed by atoms with Crippen molar-refractivity contribution in [3.8, 4) is 0 Å². The molecule has 174 valence electrons. The molecule has 5 rings (SSSR count). The standard InChI is InChI=1S/C27H34N4O2/c1-29(18-21-12-9-17-30-16-8-7-15-24(21)30)25(32)19-31-26(20-10-3-2-4-11-20)28-23-14-6-5-13-22(23)27(31)33/h2-6,10-11,13-14,21,24,26,28H,7-9,12,15-19H2,1H3/t21-,24+,26+/m0/s1. The van der Waals surface area contributed by atoms with Gasteiger partial charge in [0.1, 0.15) is 12.7 Å². The summed E-state index contributed by atoms with van der Waals surface area (Å²) in [5.41, 5.74) is 2.40. The molecule has 0 spiro atoms. The summed E-state index contributed by atoms with van der Waals surface area (Å²) in [4.78, 5) is 33.0. The van der Waals surface area contributed by atoms with Gasteiger partial charge in [0.2, 0.25) is 5.91 Å². The highest BCUT2D eigenvalue weighted by atomic mass is 16.2. The topological polar surface area (TPSA) is 55.9 Å². The lowest BCUT2D eigenvalue weighted by atomic mass is 9.83. The van der Waals surface area contributed by atoms with E-state index in [1.54, 1.807) is 4.90 Å². The highest BCUT2D eigenvalue weighted by molar-refractivity contribution is 6.03. The molecule has 2 aromatic carbocycles. The van der Waals surface area contributed by atoms with Gasteiger partial charge in [0, 0.05) is 25.3 Å². The van der Waals surface area contributed by atoms with E-state index < -0.39 is 0 Å². The highest BCUT2D eigenvalue weighted by Crippen LogP contribution is 2.34. The van der Waals surface area contributed by atoms with Gasteiger partial charge in [-0.25, -0.2) is 0 Å². The van der Waals surface area contributed by atoms with Gasteiger partial charge in [0.25, 0.3) is 5.91 Å². The third-order valence-electron chi connectivity index (χ3n) is 7.61.